The molecule has 0 unspecified atom stereocenters. The van der Waals surface area contributed by atoms with Crippen molar-refractivity contribution >= 4 is 40.3 Å². The summed E-state index contributed by atoms with van der Waals surface area (Å²) in [6, 6.07) is 6.14. The van der Waals surface area contributed by atoms with Crippen molar-refractivity contribution in [2.75, 3.05) is 6.54 Å². The van der Waals surface area contributed by atoms with Crippen LogP contribution in [0.1, 0.15) is 10.5 Å². The van der Waals surface area contributed by atoms with Gasteiger partial charge in [-0.25, -0.2) is 9.80 Å². The lowest BCUT2D eigenvalue weighted by molar-refractivity contribution is -0.118. The van der Waals surface area contributed by atoms with Gasteiger partial charge >= 0.3 is 6.03 Å². The summed E-state index contributed by atoms with van der Waals surface area (Å²) in [6.07, 6.45) is 0. The highest BCUT2D eigenvalue weighted by Crippen LogP contribution is 2.20. The number of H-pyrrole nitrogens is 1. The first-order chi connectivity index (χ1) is 9.52. The predicted octanol–water partition coefficient (Wildman–Crippen LogP) is 1.02. The summed E-state index contributed by atoms with van der Waals surface area (Å²) in [6.45, 7) is -0.198. The third-order valence-electron chi connectivity index (χ3n) is 2.86. The number of fused-ring (bicyclic) bond motifs is 1. The first-order valence-electron chi connectivity index (χ1n) is 5.73. The largest absolute Gasteiger partial charge is 0.350 e. The number of imide groups is 1. The van der Waals surface area contributed by atoms with E-state index in [0.29, 0.717) is 5.02 Å². The van der Waals surface area contributed by atoms with E-state index in [1.165, 1.54) is 0 Å². The van der Waals surface area contributed by atoms with Gasteiger partial charge in [0.15, 0.2) is 0 Å². The van der Waals surface area contributed by atoms with Gasteiger partial charge in [-0.3, -0.25) is 20.3 Å². The molecule has 4 amide bonds. The number of aromatic amines is 1. The fraction of sp³-hybridized carbons (Fsp3) is 0.0833. The van der Waals surface area contributed by atoms with Crippen LogP contribution in [0.25, 0.3) is 10.9 Å². The third kappa shape index (κ3) is 2.19. The minimum absolute atomic E-state index is 0.198. The second kappa shape index (κ2) is 4.53. The molecular weight excluding hydrogens is 284 g/mol. The molecule has 8 heteroatoms. The van der Waals surface area contributed by atoms with Gasteiger partial charge in [0.2, 0.25) is 5.91 Å². The highest BCUT2D eigenvalue weighted by Gasteiger charge is 2.28. The van der Waals surface area contributed by atoms with Gasteiger partial charge in [0, 0.05) is 15.9 Å². The van der Waals surface area contributed by atoms with Crippen molar-refractivity contribution < 1.29 is 14.4 Å². The number of carbonyl (C=O) groups excluding carboxylic acids is 3. The Morgan fingerprint density at radius 2 is 2.10 bits per heavy atom. The summed E-state index contributed by atoms with van der Waals surface area (Å²) in [5.41, 5.74) is 3.37. The maximum atomic E-state index is 12.0. The first kappa shape index (κ1) is 12.5. The van der Waals surface area contributed by atoms with E-state index in [4.69, 9.17) is 11.6 Å². The molecule has 3 rings (SSSR count). The third-order valence-corrected chi connectivity index (χ3v) is 3.09. The topological polar surface area (TPSA) is 94.3 Å². The van der Waals surface area contributed by atoms with Crippen LogP contribution in [-0.4, -0.2) is 34.4 Å². The van der Waals surface area contributed by atoms with Crippen LogP contribution in [0.3, 0.4) is 0 Å². The molecule has 1 fully saturated rings. The number of aromatic nitrogens is 1. The summed E-state index contributed by atoms with van der Waals surface area (Å²) >= 11 is 5.87. The molecule has 102 valence electrons. The highest BCUT2D eigenvalue weighted by molar-refractivity contribution is 6.31. The fourth-order valence-electron chi connectivity index (χ4n) is 1.94. The highest BCUT2D eigenvalue weighted by atomic mass is 35.5. The van der Waals surface area contributed by atoms with Crippen molar-refractivity contribution in [1.82, 2.24) is 20.7 Å². The van der Waals surface area contributed by atoms with Crippen LogP contribution in [0.2, 0.25) is 5.02 Å². The monoisotopic (exact) mass is 292 g/mol. The van der Waals surface area contributed by atoms with Gasteiger partial charge in [-0.15, -0.1) is 0 Å². The van der Waals surface area contributed by atoms with Crippen LogP contribution in [0.4, 0.5) is 4.79 Å². The average molecular weight is 293 g/mol. The Hall–Kier alpha value is -2.54. The normalized spacial score (nSPS) is 14.8. The Labute approximate surface area is 117 Å². The Morgan fingerprint density at radius 3 is 2.80 bits per heavy atom. The number of hydrogen-bond acceptors (Lipinski definition) is 3. The number of halogens is 1. The Morgan fingerprint density at radius 1 is 1.30 bits per heavy atom. The van der Waals surface area contributed by atoms with Crippen LogP contribution in [0.15, 0.2) is 24.3 Å². The van der Waals surface area contributed by atoms with Crippen LogP contribution >= 0.6 is 11.6 Å². The molecule has 1 aliphatic rings. The van der Waals surface area contributed by atoms with Crippen molar-refractivity contribution in [3.63, 3.8) is 0 Å². The van der Waals surface area contributed by atoms with Gasteiger partial charge < -0.3 is 4.98 Å². The van der Waals surface area contributed by atoms with Gasteiger partial charge in [-0.05, 0) is 24.3 Å². The summed E-state index contributed by atoms with van der Waals surface area (Å²) in [5.74, 6) is -0.971. The average Bonchev–Trinajstić information content (AvgIpc) is 2.92. The van der Waals surface area contributed by atoms with Crippen molar-refractivity contribution in [3.05, 3.63) is 35.0 Å². The molecule has 1 aromatic carbocycles. The number of hydrogen-bond donors (Lipinski definition) is 3. The summed E-state index contributed by atoms with van der Waals surface area (Å²) in [5, 5.41) is 4.33. The summed E-state index contributed by atoms with van der Waals surface area (Å²) < 4.78 is 0. The van der Waals surface area contributed by atoms with E-state index in [2.05, 4.69) is 15.7 Å². The van der Waals surface area contributed by atoms with Crippen molar-refractivity contribution in [2.45, 2.75) is 0 Å². The Bertz CT molecular complexity index is 739. The molecule has 0 spiro atoms. The maximum Gasteiger partial charge on any atom is 0.343 e. The van der Waals surface area contributed by atoms with Crippen LogP contribution < -0.4 is 10.7 Å². The molecule has 0 aliphatic carbocycles. The lowest BCUT2D eigenvalue weighted by Crippen LogP contribution is -2.44. The van der Waals surface area contributed by atoms with E-state index in [1.807, 2.05) is 0 Å². The number of amides is 4. The standard InChI is InChI=1S/C12H9ClN4O3/c13-7-1-2-8-6(3-7)4-9(14-8)11(19)16-17-5-10(18)15-12(17)20/h1-4,14H,5H2,(H,16,19)(H,15,18,20). The zero-order valence-electron chi connectivity index (χ0n) is 10.1. The smallest absolute Gasteiger partial charge is 0.343 e. The number of nitrogens with one attached hydrogen (secondary N) is 3. The molecule has 20 heavy (non-hydrogen) atoms. The number of urea groups is 1. The number of rotatable bonds is 2. The van der Waals surface area contributed by atoms with Crippen LogP contribution in [-0.2, 0) is 4.79 Å². The molecule has 0 radical (unpaired) electrons. The lowest BCUT2D eigenvalue weighted by atomic mass is 10.2. The summed E-state index contributed by atoms with van der Waals surface area (Å²) in [7, 11) is 0. The number of nitrogens with zero attached hydrogens (tertiary/aromatic N) is 1. The molecule has 0 bridgehead atoms. The Kier molecular flexibility index (Phi) is 2.83. The van der Waals surface area contributed by atoms with Crippen molar-refractivity contribution in [2.24, 2.45) is 0 Å². The quantitative estimate of drug-likeness (QED) is 0.721. The molecule has 0 atom stereocenters. The maximum absolute atomic E-state index is 12.0. The molecule has 0 saturated carbocycles. The number of hydrazine groups is 1. The molecule has 7 nitrogen and oxygen atoms in total. The minimum Gasteiger partial charge on any atom is -0.350 e. The lowest BCUT2D eigenvalue weighted by Gasteiger charge is -2.13. The Balaban J connectivity index is 1.82. The minimum atomic E-state index is -0.650. The summed E-state index contributed by atoms with van der Waals surface area (Å²) in [4.78, 5) is 37.2. The molecule has 1 saturated heterocycles. The van der Waals surface area contributed by atoms with Gasteiger partial charge in [0.1, 0.15) is 12.2 Å². The molecular formula is C12H9ClN4O3. The van der Waals surface area contributed by atoms with Gasteiger partial charge in [-0.2, -0.15) is 0 Å². The molecule has 1 aliphatic heterocycles. The zero-order valence-corrected chi connectivity index (χ0v) is 10.8. The van der Waals surface area contributed by atoms with E-state index in [0.717, 1.165) is 15.9 Å². The van der Waals surface area contributed by atoms with Crippen LogP contribution in [0.5, 0.6) is 0 Å². The van der Waals surface area contributed by atoms with E-state index in [-0.39, 0.29) is 12.2 Å². The predicted molar refractivity (Wildman–Crippen MR) is 71.0 cm³/mol. The SMILES string of the molecule is O=C1CN(NC(=O)c2cc3cc(Cl)ccc3[nH]2)C(=O)N1. The van der Waals surface area contributed by atoms with E-state index >= 15 is 0 Å². The van der Waals surface area contributed by atoms with Crippen molar-refractivity contribution in [1.29, 1.82) is 0 Å². The molecule has 2 heterocycles. The van der Waals surface area contributed by atoms with E-state index in [9.17, 15) is 14.4 Å². The number of benzene rings is 1. The van der Waals surface area contributed by atoms with Crippen molar-refractivity contribution in [3.8, 4) is 0 Å². The zero-order chi connectivity index (χ0) is 14.3. The fourth-order valence-corrected chi connectivity index (χ4v) is 2.12. The second-order valence-corrected chi connectivity index (χ2v) is 4.73. The van der Waals surface area contributed by atoms with E-state index < -0.39 is 17.8 Å². The van der Waals surface area contributed by atoms with Gasteiger partial charge in [0.25, 0.3) is 5.91 Å². The molecule has 1 aromatic heterocycles. The van der Waals surface area contributed by atoms with Gasteiger partial charge in [0.05, 0.1) is 0 Å². The van der Waals surface area contributed by atoms with Gasteiger partial charge in [-0.1, -0.05) is 11.6 Å². The molecule has 2 aromatic rings. The first-order valence-corrected chi connectivity index (χ1v) is 6.11. The number of carbonyl (C=O) groups is 3. The van der Waals surface area contributed by atoms with Crippen LogP contribution in [0, 0.1) is 0 Å². The second-order valence-electron chi connectivity index (χ2n) is 4.29. The van der Waals surface area contributed by atoms with E-state index in [1.54, 1.807) is 24.3 Å². The molecule has 3 N–H and O–H groups in total.